The minimum atomic E-state index is -0.0194. The highest BCUT2D eigenvalue weighted by molar-refractivity contribution is 5.88. The summed E-state index contributed by atoms with van der Waals surface area (Å²) in [6.07, 6.45) is 1.59. The first-order valence-corrected chi connectivity index (χ1v) is 5.23. The highest BCUT2D eigenvalue weighted by atomic mass is 16.5. The second-order valence-corrected chi connectivity index (χ2v) is 3.92. The SMILES string of the molecule is CC(C)Oc1nc(C#N)cc2cnc(N)cc12. The first-order valence-electron chi connectivity index (χ1n) is 5.23. The van der Waals surface area contributed by atoms with Gasteiger partial charge in [0.15, 0.2) is 0 Å². The number of fused-ring (bicyclic) bond motifs is 1. The fraction of sp³-hybridized carbons (Fsp3) is 0.250. The smallest absolute Gasteiger partial charge is 0.223 e. The Hall–Kier alpha value is -2.35. The lowest BCUT2D eigenvalue weighted by Crippen LogP contribution is -2.08. The molecule has 86 valence electrons. The summed E-state index contributed by atoms with van der Waals surface area (Å²) in [5.41, 5.74) is 5.94. The Morgan fingerprint density at radius 1 is 1.41 bits per heavy atom. The van der Waals surface area contributed by atoms with Gasteiger partial charge in [-0.1, -0.05) is 0 Å². The van der Waals surface area contributed by atoms with Gasteiger partial charge in [-0.15, -0.1) is 0 Å². The van der Waals surface area contributed by atoms with Crippen molar-refractivity contribution in [1.82, 2.24) is 9.97 Å². The summed E-state index contributed by atoms with van der Waals surface area (Å²) >= 11 is 0. The number of ether oxygens (including phenoxy) is 1. The standard InChI is InChI=1S/C12H12N4O/c1-7(2)17-12-10-4-11(14)15-6-8(10)3-9(5-13)16-12/h3-4,6-7H,1-2H3,(H2,14,15). The van der Waals surface area contributed by atoms with Crippen molar-refractivity contribution in [3.8, 4) is 11.9 Å². The van der Waals surface area contributed by atoms with Crippen LogP contribution in [0.4, 0.5) is 5.82 Å². The Labute approximate surface area is 98.9 Å². The number of nitrogen functional groups attached to an aromatic ring is 1. The van der Waals surface area contributed by atoms with Crippen LogP contribution in [-0.4, -0.2) is 16.1 Å². The molecule has 0 atom stereocenters. The highest BCUT2D eigenvalue weighted by Gasteiger charge is 2.09. The van der Waals surface area contributed by atoms with E-state index in [9.17, 15) is 0 Å². The number of rotatable bonds is 2. The molecule has 2 rings (SSSR count). The molecule has 5 heteroatoms. The number of hydrogen-bond acceptors (Lipinski definition) is 5. The summed E-state index contributed by atoms with van der Waals surface area (Å²) < 4.78 is 5.58. The summed E-state index contributed by atoms with van der Waals surface area (Å²) in [5, 5.41) is 10.5. The molecule has 0 aromatic carbocycles. The van der Waals surface area contributed by atoms with E-state index in [-0.39, 0.29) is 6.10 Å². The quantitative estimate of drug-likeness (QED) is 0.848. The van der Waals surface area contributed by atoms with Crippen LogP contribution in [0, 0.1) is 11.3 Å². The van der Waals surface area contributed by atoms with Crippen LogP contribution < -0.4 is 10.5 Å². The second kappa shape index (κ2) is 4.26. The Balaban J connectivity index is 2.68. The van der Waals surface area contributed by atoms with Crippen molar-refractivity contribution in [1.29, 1.82) is 5.26 Å². The molecule has 2 aromatic rings. The first-order chi connectivity index (χ1) is 8.10. The van der Waals surface area contributed by atoms with Gasteiger partial charge in [0, 0.05) is 17.0 Å². The van der Waals surface area contributed by atoms with Crippen molar-refractivity contribution in [3.63, 3.8) is 0 Å². The average Bonchev–Trinajstić information content (AvgIpc) is 2.28. The molecule has 0 bridgehead atoms. The number of nitrogens with zero attached hydrogens (tertiary/aromatic N) is 3. The minimum absolute atomic E-state index is 0.0194. The van der Waals surface area contributed by atoms with Gasteiger partial charge in [-0.25, -0.2) is 9.97 Å². The van der Waals surface area contributed by atoms with Crippen LogP contribution >= 0.6 is 0 Å². The maximum absolute atomic E-state index is 8.90. The third-order valence-electron chi connectivity index (χ3n) is 2.16. The average molecular weight is 228 g/mol. The summed E-state index contributed by atoms with van der Waals surface area (Å²) in [6, 6.07) is 5.35. The summed E-state index contributed by atoms with van der Waals surface area (Å²) in [4.78, 5) is 8.12. The van der Waals surface area contributed by atoms with E-state index in [0.717, 1.165) is 10.8 Å². The zero-order valence-corrected chi connectivity index (χ0v) is 9.64. The van der Waals surface area contributed by atoms with Crippen LogP contribution in [0.2, 0.25) is 0 Å². The predicted octanol–water partition coefficient (Wildman–Crippen LogP) is 1.87. The predicted molar refractivity (Wildman–Crippen MR) is 64.4 cm³/mol. The normalized spacial score (nSPS) is 10.5. The van der Waals surface area contributed by atoms with Gasteiger partial charge in [-0.05, 0) is 26.0 Å². The molecule has 0 aliphatic rings. The largest absolute Gasteiger partial charge is 0.474 e. The zero-order valence-electron chi connectivity index (χ0n) is 9.64. The maximum atomic E-state index is 8.90. The molecule has 0 unspecified atom stereocenters. The van der Waals surface area contributed by atoms with Crippen LogP contribution in [0.5, 0.6) is 5.88 Å². The van der Waals surface area contributed by atoms with Gasteiger partial charge >= 0.3 is 0 Å². The third-order valence-corrected chi connectivity index (χ3v) is 2.16. The van der Waals surface area contributed by atoms with Gasteiger partial charge in [0.05, 0.1) is 6.10 Å². The van der Waals surface area contributed by atoms with Gasteiger partial charge in [0.25, 0.3) is 0 Å². The lowest BCUT2D eigenvalue weighted by molar-refractivity contribution is 0.236. The van der Waals surface area contributed by atoms with E-state index in [1.807, 2.05) is 19.9 Å². The fourth-order valence-corrected chi connectivity index (χ4v) is 1.50. The van der Waals surface area contributed by atoms with E-state index in [1.165, 1.54) is 0 Å². The molecule has 0 spiro atoms. The Bertz CT molecular complexity index is 601. The van der Waals surface area contributed by atoms with E-state index in [1.54, 1.807) is 18.3 Å². The molecular formula is C12H12N4O. The zero-order chi connectivity index (χ0) is 12.4. The molecule has 2 N–H and O–H groups in total. The van der Waals surface area contributed by atoms with Crippen molar-refractivity contribution in [2.24, 2.45) is 0 Å². The molecule has 0 radical (unpaired) electrons. The van der Waals surface area contributed by atoms with Gasteiger partial charge in [0.1, 0.15) is 17.6 Å². The van der Waals surface area contributed by atoms with Crippen molar-refractivity contribution < 1.29 is 4.74 Å². The summed E-state index contributed by atoms with van der Waals surface area (Å²) in [7, 11) is 0. The number of pyridine rings is 2. The van der Waals surface area contributed by atoms with E-state index in [2.05, 4.69) is 9.97 Å². The molecule has 0 aliphatic heterocycles. The second-order valence-electron chi connectivity index (χ2n) is 3.92. The lowest BCUT2D eigenvalue weighted by Gasteiger charge is -2.11. The van der Waals surface area contributed by atoms with Crippen molar-refractivity contribution in [3.05, 3.63) is 24.0 Å². The number of anilines is 1. The maximum Gasteiger partial charge on any atom is 0.223 e. The van der Waals surface area contributed by atoms with Crippen molar-refractivity contribution >= 4 is 16.6 Å². The fourth-order valence-electron chi connectivity index (χ4n) is 1.50. The van der Waals surface area contributed by atoms with Gasteiger partial charge in [-0.3, -0.25) is 0 Å². The van der Waals surface area contributed by atoms with Crippen LogP contribution in [0.1, 0.15) is 19.5 Å². The van der Waals surface area contributed by atoms with Crippen LogP contribution in [0.15, 0.2) is 18.3 Å². The van der Waals surface area contributed by atoms with Crippen LogP contribution in [-0.2, 0) is 0 Å². The molecule has 0 saturated heterocycles. The monoisotopic (exact) mass is 228 g/mol. The Morgan fingerprint density at radius 3 is 2.82 bits per heavy atom. The van der Waals surface area contributed by atoms with Crippen LogP contribution in [0.3, 0.4) is 0 Å². The lowest BCUT2D eigenvalue weighted by atomic mass is 10.2. The Kier molecular flexibility index (Phi) is 2.79. The molecule has 2 aromatic heterocycles. The van der Waals surface area contributed by atoms with Gasteiger partial charge < -0.3 is 10.5 Å². The molecule has 5 nitrogen and oxygen atoms in total. The van der Waals surface area contributed by atoms with E-state index in [0.29, 0.717) is 17.4 Å². The third kappa shape index (κ3) is 2.26. The number of nitrogens with two attached hydrogens (primary N) is 1. The van der Waals surface area contributed by atoms with E-state index in [4.69, 9.17) is 15.7 Å². The van der Waals surface area contributed by atoms with Crippen LogP contribution in [0.25, 0.3) is 10.8 Å². The van der Waals surface area contributed by atoms with Crippen molar-refractivity contribution in [2.75, 3.05) is 5.73 Å². The molecule has 0 saturated carbocycles. The molecular weight excluding hydrogens is 216 g/mol. The number of aromatic nitrogens is 2. The molecule has 0 fully saturated rings. The minimum Gasteiger partial charge on any atom is -0.474 e. The molecule has 2 heterocycles. The van der Waals surface area contributed by atoms with E-state index >= 15 is 0 Å². The summed E-state index contributed by atoms with van der Waals surface area (Å²) in [6.45, 7) is 3.80. The number of hydrogen-bond donors (Lipinski definition) is 1. The Morgan fingerprint density at radius 2 is 2.18 bits per heavy atom. The molecule has 0 aliphatic carbocycles. The highest BCUT2D eigenvalue weighted by Crippen LogP contribution is 2.26. The van der Waals surface area contributed by atoms with Crippen molar-refractivity contribution in [2.45, 2.75) is 20.0 Å². The molecule has 0 amide bonds. The summed E-state index contributed by atoms with van der Waals surface area (Å²) in [5.74, 6) is 0.820. The van der Waals surface area contributed by atoms with Gasteiger partial charge in [0.2, 0.25) is 5.88 Å². The van der Waals surface area contributed by atoms with E-state index < -0.39 is 0 Å². The molecule has 17 heavy (non-hydrogen) atoms. The number of nitriles is 1. The first kappa shape index (κ1) is 11.1. The van der Waals surface area contributed by atoms with Gasteiger partial charge in [-0.2, -0.15) is 5.26 Å². The topological polar surface area (TPSA) is 84.8 Å².